The maximum Gasteiger partial charge on any atom is 0.266 e. The standard InChI is InChI=1S/C39H36ClN9O7S/c1-20-28(14-15-41)57-39-32(20)34(22-8-10-23(40)11-9-22)44-25(35-47-46-21(2)48(35)39)18-30(51)42-16-3-4-17-43-31(52)19-56-27-7-5-6-24-33(27)38(55)49(37(24)54)26-12-13-29(50)45-36(26)53/h5-11,25-26H,3-4,12-14,16-19H2,1-2H3,(H,42,51)(H,43,52)(H,45,50,53)/t25-,26?/m0/s1. The van der Waals surface area contributed by atoms with Gasteiger partial charge in [-0.3, -0.25) is 48.5 Å². The quantitative estimate of drug-likeness (QED) is 0.132. The molecule has 0 saturated carbocycles. The predicted octanol–water partition coefficient (Wildman–Crippen LogP) is 3.44. The van der Waals surface area contributed by atoms with E-state index in [1.54, 1.807) is 12.1 Å². The Balaban J connectivity index is 0.920. The number of piperidine rings is 1. The third kappa shape index (κ3) is 7.78. The van der Waals surface area contributed by atoms with E-state index in [-0.39, 0.29) is 48.5 Å². The zero-order valence-electron chi connectivity index (χ0n) is 30.9. The second kappa shape index (κ2) is 16.5. The van der Waals surface area contributed by atoms with Crippen molar-refractivity contribution in [2.45, 2.75) is 64.5 Å². The number of rotatable bonds is 13. The van der Waals surface area contributed by atoms with Crippen LogP contribution in [0, 0.1) is 25.2 Å². The van der Waals surface area contributed by atoms with Gasteiger partial charge in [0.25, 0.3) is 17.7 Å². The number of aliphatic imine (C=N–C) groups is 1. The molecule has 3 aliphatic rings. The van der Waals surface area contributed by atoms with E-state index in [2.05, 4.69) is 32.2 Å². The van der Waals surface area contributed by atoms with E-state index in [9.17, 15) is 34.0 Å². The van der Waals surface area contributed by atoms with Gasteiger partial charge in [0.05, 0.1) is 35.7 Å². The number of hydrogen-bond donors (Lipinski definition) is 3. The first-order valence-corrected chi connectivity index (χ1v) is 19.4. The van der Waals surface area contributed by atoms with Gasteiger partial charge in [-0.15, -0.1) is 21.5 Å². The summed E-state index contributed by atoms with van der Waals surface area (Å²) in [6.45, 7) is 4.01. The van der Waals surface area contributed by atoms with E-state index in [0.717, 1.165) is 31.5 Å². The zero-order valence-corrected chi connectivity index (χ0v) is 32.5. The van der Waals surface area contributed by atoms with Gasteiger partial charge in [-0.05, 0) is 62.9 Å². The maximum atomic E-state index is 13.3. The molecule has 1 fully saturated rings. The lowest BCUT2D eigenvalue weighted by Gasteiger charge is -2.27. The van der Waals surface area contributed by atoms with Crippen LogP contribution >= 0.6 is 22.9 Å². The zero-order chi connectivity index (χ0) is 40.4. The van der Waals surface area contributed by atoms with Gasteiger partial charge < -0.3 is 15.4 Å². The number of imide groups is 2. The summed E-state index contributed by atoms with van der Waals surface area (Å²) in [6, 6.07) is 12.2. The number of benzene rings is 2. The fourth-order valence-electron chi connectivity index (χ4n) is 7.06. The van der Waals surface area contributed by atoms with Crippen molar-refractivity contribution in [1.82, 2.24) is 35.6 Å². The monoisotopic (exact) mass is 809 g/mol. The van der Waals surface area contributed by atoms with Crippen molar-refractivity contribution in [3.05, 3.63) is 91.8 Å². The molecule has 0 bridgehead atoms. The van der Waals surface area contributed by atoms with E-state index in [1.165, 1.54) is 29.5 Å². The summed E-state index contributed by atoms with van der Waals surface area (Å²) in [6.07, 6.45) is 1.36. The van der Waals surface area contributed by atoms with E-state index < -0.39 is 48.2 Å². The lowest BCUT2D eigenvalue weighted by atomic mass is 9.99. The molecule has 3 aliphatic heterocycles. The summed E-state index contributed by atoms with van der Waals surface area (Å²) in [7, 11) is 0. The number of amides is 6. The molecule has 5 heterocycles. The number of nitrogens with one attached hydrogen (secondary N) is 3. The Kier molecular flexibility index (Phi) is 11.3. The summed E-state index contributed by atoms with van der Waals surface area (Å²) < 4.78 is 7.56. The summed E-state index contributed by atoms with van der Waals surface area (Å²) in [4.78, 5) is 83.1. The first kappa shape index (κ1) is 39.0. The van der Waals surface area contributed by atoms with E-state index >= 15 is 0 Å². The Morgan fingerprint density at radius 3 is 2.46 bits per heavy atom. The number of aromatic nitrogens is 3. The maximum absolute atomic E-state index is 13.3. The highest BCUT2D eigenvalue weighted by Gasteiger charge is 2.46. The van der Waals surface area contributed by atoms with Crippen LogP contribution in [0.1, 0.15) is 92.1 Å². The molecule has 0 aliphatic carbocycles. The normalized spacial score (nSPS) is 17.2. The molecule has 2 atom stereocenters. The number of carbonyl (C=O) groups is 6. The van der Waals surface area contributed by atoms with E-state index in [4.69, 9.17) is 21.3 Å². The van der Waals surface area contributed by atoms with Crippen molar-refractivity contribution >= 4 is 64.1 Å². The highest BCUT2D eigenvalue weighted by molar-refractivity contribution is 7.15. The number of nitrogens with zero attached hydrogens (tertiary/aromatic N) is 6. The molecule has 7 rings (SSSR count). The number of thiophene rings is 1. The van der Waals surface area contributed by atoms with Gasteiger partial charge in [0.15, 0.2) is 12.4 Å². The number of nitriles is 1. The van der Waals surface area contributed by atoms with Gasteiger partial charge in [-0.2, -0.15) is 5.26 Å². The van der Waals surface area contributed by atoms with Crippen molar-refractivity contribution in [3.8, 4) is 16.8 Å². The summed E-state index contributed by atoms with van der Waals surface area (Å²) in [5, 5.41) is 27.5. The molecule has 4 aromatic rings. The van der Waals surface area contributed by atoms with Crippen molar-refractivity contribution in [3.63, 3.8) is 0 Å². The third-order valence-corrected chi connectivity index (χ3v) is 11.4. The van der Waals surface area contributed by atoms with Gasteiger partial charge in [0.1, 0.15) is 28.7 Å². The molecular weight excluding hydrogens is 774 g/mol. The van der Waals surface area contributed by atoms with Crippen LogP contribution in [0.2, 0.25) is 5.02 Å². The Morgan fingerprint density at radius 1 is 1.00 bits per heavy atom. The third-order valence-electron chi connectivity index (χ3n) is 9.87. The lowest BCUT2D eigenvalue weighted by molar-refractivity contribution is -0.136. The van der Waals surface area contributed by atoms with E-state index in [1.807, 2.05) is 30.5 Å². The molecule has 6 amide bonds. The average molecular weight is 810 g/mol. The summed E-state index contributed by atoms with van der Waals surface area (Å²) in [5.41, 5.74) is 3.28. The number of fused-ring (bicyclic) bond motifs is 4. The Morgan fingerprint density at radius 2 is 1.74 bits per heavy atom. The second-order valence-electron chi connectivity index (χ2n) is 13.6. The topological polar surface area (TPSA) is 218 Å². The van der Waals surface area contributed by atoms with Crippen LogP contribution in [-0.2, 0) is 25.6 Å². The van der Waals surface area contributed by atoms with E-state index in [0.29, 0.717) is 48.3 Å². The molecule has 16 nitrogen and oxygen atoms in total. The van der Waals surface area contributed by atoms with Gasteiger partial charge in [0, 0.05) is 40.5 Å². The summed E-state index contributed by atoms with van der Waals surface area (Å²) >= 11 is 7.70. The number of halogens is 1. The number of aryl methyl sites for hydroxylation is 1. The summed E-state index contributed by atoms with van der Waals surface area (Å²) in [5.74, 6) is -2.12. The van der Waals surface area contributed by atoms with Crippen molar-refractivity contribution in [2.24, 2.45) is 4.99 Å². The number of unbranched alkanes of at least 4 members (excludes halogenated alkanes) is 1. The van der Waals surface area contributed by atoms with Crippen LogP contribution < -0.4 is 20.7 Å². The van der Waals surface area contributed by atoms with Gasteiger partial charge in [0.2, 0.25) is 17.7 Å². The van der Waals surface area contributed by atoms with Gasteiger partial charge >= 0.3 is 0 Å². The lowest BCUT2D eigenvalue weighted by Crippen LogP contribution is -2.54. The SMILES string of the molecule is Cc1c(CC#N)sc2c1C(c1ccc(Cl)cc1)=N[C@@H](CC(=O)NCCCCNC(=O)COc1cccc3c1C(=O)N(C1CCC(=O)NC1=O)C3=O)c1nnc(C)n1-2. The number of ether oxygens (including phenoxy) is 1. The van der Waals surface area contributed by atoms with Crippen LogP contribution in [0.15, 0.2) is 47.5 Å². The Hall–Kier alpha value is -6.25. The van der Waals surface area contributed by atoms with Gasteiger partial charge in [-0.25, -0.2) is 0 Å². The smallest absolute Gasteiger partial charge is 0.266 e. The molecule has 57 heavy (non-hydrogen) atoms. The average Bonchev–Trinajstić information content (AvgIpc) is 3.77. The number of carbonyl (C=O) groups excluding carboxylic acids is 6. The Labute approximate surface area is 335 Å². The molecule has 292 valence electrons. The van der Waals surface area contributed by atoms with Crippen LogP contribution in [0.4, 0.5) is 0 Å². The first-order valence-electron chi connectivity index (χ1n) is 18.2. The van der Waals surface area contributed by atoms with Crippen molar-refractivity contribution in [2.75, 3.05) is 19.7 Å². The van der Waals surface area contributed by atoms with Crippen molar-refractivity contribution in [1.29, 1.82) is 5.26 Å². The minimum Gasteiger partial charge on any atom is -0.483 e. The molecule has 2 aromatic carbocycles. The molecule has 0 spiro atoms. The fourth-order valence-corrected chi connectivity index (χ4v) is 8.48. The van der Waals surface area contributed by atoms with Crippen LogP contribution in [-0.4, -0.2) is 86.6 Å². The Bertz CT molecular complexity index is 2400. The minimum atomic E-state index is -1.12. The van der Waals surface area contributed by atoms with Crippen LogP contribution in [0.25, 0.3) is 5.00 Å². The van der Waals surface area contributed by atoms with Crippen LogP contribution in [0.3, 0.4) is 0 Å². The van der Waals surface area contributed by atoms with Crippen molar-refractivity contribution < 1.29 is 33.5 Å². The highest BCUT2D eigenvalue weighted by atomic mass is 35.5. The van der Waals surface area contributed by atoms with Gasteiger partial charge in [-0.1, -0.05) is 29.8 Å². The molecular formula is C39H36ClN9O7S. The number of hydrogen-bond acceptors (Lipinski definition) is 12. The fraction of sp³-hybridized carbons (Fsp3) is 0.333. The molecule has 1 saturated heterocycles. The first-order chi connectivity index (χ1) is 27.5. The highest BCUT2D eigenvalue weighted by Crippen LogP contribution is 2.40. The molecule has 3 N–H and O–H groups in total. The molecule has 2 aromatic heterocycles. The second-order valence-corrected chi connectivity index (χ2v) is 15.2. The van der Waals surface area contributed by atoms with Crippen LogP contribution in [0.5, 0.6) is 5.75 Å². The minimum absolute atomic E-state index is 0.00406. The molecule has 0 radical (unpaired) electrons. The predicted molar refractivity (Wildman–Crippen MR) is 206 cm³/mol. The molecule has 1 unspecified atom stereocenters. The molecule has 18 heteroatoms. The largest absolute Gasteiger partial charge is 0.483 e.